The van der Waals surface area contributed by atoms with Crippen LogP contribution in [0.1, 0.15) is 22.6 Å². The molecule has 2 rings (SSSR count). The average molecular weight is 311 g/mol. The van der Waals surface area contributed by atoms with Gasteiger partial charge in [0.15, 0.2) is 0 Å². The number of methoxy groups -OCH3 is 2. The number of benzene rings is 2. The van der Waals surface area contributed by atoms with Gasteiger partial charge in [-0.05, 0) is 30.2 Å². The highest BCUT2D eigenvalue weighted by atomic mass is 16.5. The summed E-state index contributed by atoms with van der Waals surface area (Å²) in [6.07, 6.45) is 0.271. The number of hydrogen-bond donors (Lipinski definition) is 1. The van der Waals surface area contributed by atoms with E-state index in [-0.39, 0.29) is 6.42 Å². The van der Waals surface area contributed by atoms with Crippen molar-refractivity contribution < 1.29 is 19.4 Å². The molecular formula is C18H17NO4. The number of carbonyl (C=O) groups is 1. The Morgan fingerprint density at radius 2 is 2.00 bits per heavy atom. The van der Waals surface area contributed by atoms with Crippen molar-refractivity contribution in [3.05, 3.63) is 59.2 Å². The monoisotopic (exact) mass is 311 g/mol. The SMILES string of the molecule is COc1ccc(C(Cc2cccc(C#N)c2)C(=O)O)c(OC)c1. The van der Waals surface area contributed by atoms with Crippen LogP contribution in [0.25, 0.3) is 0 Å². The Bertz CT molecular complexity index is 749. The van der Waals surface area contributed by atoms with Crippen LogP contribution in [0.3, 0.4) is 0 Å². The highest BCUT2D eigenvalue weighted by Gasteiger charge is 2.24. The van der Waals surface area contributed by atoms with Crippen molar-refractivity contribution in [1.29, 1.82) is 5.26 Å². The van der Waals surface area contributed by atoms with Gasteiger partial charge in [0.1, 0.15) is 11.5 Å². The molecule has 0 bridgehead atoms. The maximum atomic E-state index is 11.7. The normalized spacial score (nSPS) is 11.3. The Kier molecular flexibility index (Phi) is 5.21. The number of nitriles is 1. The van der Waals surface area contributed by atoms with Gasteiger partial charge in [0, 0.05) is 11.6 Å². The van der Waals surface area contributed by atoms with E-state index in [2.05, 4.69) is 6.07 Å². The fourth-order valence-corrected chi connectivity index (χ4v) is 2.44. The molecule has 0 heterocycles. The summed E-state index contributed by atoms with van der Waals surface area (Å²) in [6.45, 7) is 0. The third-order valence-electron chi connectivity index (χ3n) is 3.61. The summed E-state index contributed by atoms with van der Waals surface area (Å²) in [5.41, 5.74) is 1.87. The second kappa shape index (κ2) is 7.32. The van der Waals surface area contributed by atoms with E-state index >= 15 is 0 Å². The lowest BCUT2D eigenvalue weighted by Crippen LogP contribution is -2.15. The second-order valence-electron chi connectivity index (χ2n) is 5.02. The molecule has 0 saturated heterocycles. The van der Waals surface area contributed by atoms with Gasteiger partial charge in [-0.3, -0.25) is 4.79 Å². The standard InChI is InChI=1S/C18H17NO4/c1-22-14-6-7-15(17(10-14)23-2)16(18(20)21)9-12-4-3-5-13(8-12)11-19/h3-8,10,16H,9H2,1-2H3,(H,20,21). The number of hydrogen-bond acceptors (Lipinski definition) is 4. The molecule has 0 fully saturated rings. The molecule has 5 nitrogen and oxygen atoms in total. The smallest absolute Gasteiger partial charge is 0.311 e. The van der Waals surface area contributed by atoms with Crippen LogP contribution < -0.4 is 9.47 Å². The average Bonchev–Trinajstić information content (AvgIpc) is 2.59. The summed E-state index contributed by atoms with van der Waals surface area (Å²) < 4.78 is 10.4. The zero-order chi connectivity index (χ0) is 16.8. The molecular weight excluding hydrogens is 294 g/mol. The second-order valence-corrected chi connectivity index (χ2v) is 5.02. The molecule has 2 aromatic carbocycles. The molecule has 23 heavy (non-hydrogen) atoms. The van der Waals surface area contributed by atoms with Crippen LogP contribution in [0, 0.1) is 11.3 Å². The van der Waals surface area contributed by atoms with Crippen LogP contribution in [0.4, 0.5) is 0 Å². The Hall–Kier alpha value is -3.00. The summed E-state index contributed by atoms with van der Waals surface area (Å²) in [5, 5.41) is 18.6. The third-order valence-corrected chi connectivity index (χ3v) is 3.61. The predicted molar refractivity (Wildman–Crippen MR) is 84.8 cm³/mol. The van der Waals surface area contributed by atoms with Crippen molar-refractivity contribution in [2.75, 3.05) is 14.2 Å². The molecule has 1 atom stereocenters. The van der Waals surface area contributed by atoms with Crippen LogP contribution in [0.2, 0.25) is 0 Å². The van der Waals surface area contributed by atoms with E-state index in [0.29, 0.717) is 22.6 Å². The molecule has 0 aromatic heterocycles. The van der Waals surface area contributed by atoms with Gasteiger partial charge >= 0.3 is 5.97 Å². The maximum absolute atomic E-state index is 11.7. The summed E-state index contributed by atoms with van der Waals surface area (Å²) >= 11 is 0. The van der Waals surface area contributed by atoms with E-state index in [1.165, 1.54) is 14.2 Å². The lowest BCUT2D eigenvalue weighted by molar-refractivity contribution is -0.138. The zero-order valence-corrected chi connectivity index (χ0v) is 12.9. The van der Waals surface area contributed by atoms with Crippen LogP contribution in [0.15, 0.2) is 42.5 Å². The van der Waals surface area contributed by atoms with Gasteiger partial charge in [-0.2, -0.15) is 5.26 Å². The molecule has 0 aliphatic heterocycles. The number of aliphatic carboxylic acids is 1. The summed E-state index contributed by atoms with van der Waals surface area (Å²) in [5.74, 6) is -0.657. The van der Waals surface area contributed by atoms with E-state index in [4.69, 9.17) is 14.7 Å². The van der Waals surface area contributed by atoms with Crippen molar-refractivity contribution in [3.63, 3.8) is 0 Å². The number of carboxylic acids is 1. The first-order valence-electron chi connectivity index (χ1n) is 7.02. The highest BCUT2D eigenvalue weighted by Crippen LogP contribution is 2.33. The number of ether oxygens (including phenoxy) is 2. The van der Waals surface area contributed by atoms with Crippen molar-refractivity contribution in [1.82, 2.24) is 0 Å². The minimum atomic E-state index is -0.948. The molecule has 0 spiro atoms. The van der Waals surface area contributed by atoms with Crippen molar-refractivity contribution >= 4 is 5.97 Å². The minimum absolute atomic E-state index is 0.271. The van der Waals surface area contributed by atoms with E-state index in [1.807, 2.05) is 6.07 Å². The van der Waals surface area contributed by atoms with Crippen molar-refractivity contribution in [3.8, 4) is 17.6 Å². The lowest BCUT2D eigenvalue weighted by Gasteiger charge is -2.17. The number of nitrogens with zero attached hydrogens (tertiary/aromatic N) is 1. The Labute approximate surface area is 134 Å². The van der Waals surface area contributed by atoms with Gasteiger partial charge < -0.3 is 14.6 Å². The van der Waals surface area contributed by atoms with Crippen LogP contribution in [-0.2, 0) is 11.2 Å². The van der Waals surface area contributed by atoms with Crippen molar-refractivity contribution in [2.45, 2.75) is 12.3 Å². The minimum Gasteiger partial charge on any atom is -0.497 e. The van der Waals surface area contributed by atoms with E-state index in [1.54, 1.807) is 36.4 Å². The maximum Gasteiger partial charge on any atom is 0.311 e. The van der Waals surface area contributed by atoms with E-state index < -0.39 is 11.9 Å². The fourth-order valence-electron chi connectivity index (χ4n) is 2.44. The first-order valence-corrected chi connectivity index (χ1v) is 7.02. The van der Waals surface area contributed by atoms with Gasteiger partial charge in [-0.15, -0.1) is 0 Å². The van der Waals surface area contributed by atoms with Gasteiger partial charge in [0.25, 0.3) is 0 Å². The molecule has 0 saturated carbocycles. The van der Waals surface area contributed by atoms with Crippen molar-refractivity contribution in [2.24, 2.45) is 0 Å². The summed E-state index contributed by atoms with van der Waals surface area (Å²) in [7, 11) is 3.03. The Balaban J connectivity index is 2.39. The molecule has 0 aliphatic rings. The predicted octanol–water partition coefficient (Wildman–Crippen LogP) is 2.99. The summed E-state index contributed by atoms with van der Waals surface area (Å²) in [6, 6.07) is 14.1. The molecule has 0 amide bonds. The molecule has 2 aromatic rings. The highest BCUT2D eigenvalue weighted by molar-refractivity contribution is 5.78. The third kappa shape index (κ3) is 3.80. The van der Waals surface area contributed by atoms with E-state index in [0.717, 1.165) is 5.56 Å². The molecule has 5 heteroatoms. The molecule has 1 N–H and O–H groups in total. The van der Waals surface area contributed by atoms with Gasteiger partial charge in [-0.25, -0.2) is 0 Å². The summed E-state index contributed by atoms with van der Waals surface area (Å²) in [4.78, 5) is 11.7. The molecule has 118 valence electrons. The zero-order valence-electron chi connectivity index (χ0n) is 12.9. The quantitative estimate of drug-likeness (QED) is 0.887. The van der Waals surface area contributed by atoms with Crippen LogP contribution in [0.5, 0.6) is 11.5 Å². The van der Waals surface area contributed by atoms with Gasteiger partial charge in [0.05, 0.1) is 31.8 Å². The fraction of sp³-hybridized carbons (Fsp3) is 0.222. The Morgan fingerprint density at radius 3 is 2.61 bits per heavy atom. The van der Waals surface area contributed by atoms with Crippen LogP contribution >= 0.6 is 0 Å². The van der Waals surface area contributed by atoms with Gasteiger partial charge in [0.2, 0.25) is 0 Å². The molecule has 1 unspecified atom stereocenters. The van der Waals surface area contributed by atoms with Gasteiger partial charge in [-0.1, -0.05) is 18.2 Å². The molecule has 0 radical (unpaired) electrons. The first-order chi connectivity index (χ1) is 11.1. The van der Waals surface area contributed by atoms with E-state index in [9.17, 15) is 9.90 Å². The van der Waals surface area contributed by atoms with Crippen LogP contribution in [-0.4, -0.2) is 25.3 Å². The topological polar surface area (TPSA) is 79.5 Å². The number of carboxylic acid groups (broad SMARTS) is 1. The Morgan fingerprint density at radius 1 is 1.22 bits per heavy atom. The lowest BCUT2D eigenvalue weighted by atomic mass is 9.90. The number of rotatable bonds is 6. The first kappa shape index (κ1) is 16.4. The largest absolute Gasteiger partial charge is 0.497 e. The molecule has 0 aliphatic carbocycles.